The Kier molecular flexibility index (Phi) is 7.91. The molecule has 0 unspecified atom stereocenters. The molecule has 0 saturated heterocycles. The van der Waals surface area contributed by atoms with Gasteiger partial charge in [-0.05, 0) is 19.1 Å². The Labute approximate surface area is 126 Å². The van der Waals surface area contributed by atoms with Crippen LogP contribution in [0.3, 0.4) is 0 Å². The molecule has 0 spiro atoms. The second-order valence-electron chi connectivity index (χ2n) is 4.41. The van der Waals surface area contributed by atoms with Gasteiger partial charge in [0.05, 0.1) is 19.8 Å². The Morgan fingerprint density at radius 2 is 2.10 bits per heavy atom. The van der Waals surface area contributed by atoms with Crippen LogP contribution in [-0.4, -0.2) is 59.8 Å². The highest BCUT2D eigenvalue weighted by atomic mass is 32.2. The topological polar surface area (TPSA) is 81.0 Å². The minimum absolute atomic E-state index is 0.0509. The third kappa shape index (κ3) is 5.76. The van der Waals surface area contributed by atoms with Crippen molar-refractivity contribution in [2.24, 2.45) is 0 Å². The normalized spacial score (nSPS) is 12.2. The molecular weight excluding hydrogens is 296 g/mol. The maximum absolute atomic E-state index is 12.3. The van der Waals surface area contributed by atoms with Crippen LogP contribution in [0, 0.1) is 0 Å². The van der Waals surface area contributed by atoms with Crippen LogP contribution in [0.1, 0.15) is 12.7 Å². The largest absolute Gasteiger partial charge is 0.447 e. The summed E-state index contributed by atoms with van der Waals surface area (Å²) in [7, 11) is -0.470. The van der Waals surface area contributed by atoms with E-state index in [2.05, 4.69) is 5.32 Å². The third-order valence-electron chi connectivity index (χ3n) is 2.84. The summed E-state index contributed by atoms with van der Waals surface area (Å²) in [5.74, 6) is 0.572. The highest BCUT2D eigenvalue weighted by Crippen LogP contribution is 2.17. The lowest BCUT2D eigenvalue weighted by Gasteiger charge is -2.15. The second-order valence-corrected chi connectivity index (χ2v) is 6.39. The van der Waals surface area contributed by atoms with Crippen molar-refractivity contribution in [1.82, 2.24) is 9.62 Å². The molecule has 1 heterocycles. The van der Waals surface area contributed by atoms with E-state index in [0.717, 1.165) is 0 Å². The van der Waals surface area contributed by atoms with E-state index < -0.39 is 10.0 Å². The van der Waals surface area contributed by atoms with E-state index in [1.165, 1.54) is 17.4 Å². The molecule has 0 amide bonds. The minimum Gasteiger partial charge on any atom is -0.447 e. The van der Waals surface area contributed by atoms with E-state index in [1.54, 1.807) is 13.2 Å². The van der Waals surface area contributed by atoms with Gasteiger partial charge in [-0.3, -0.25) is 0 Å². The van der Waals surface area contributed by atoms with Gasteiger partial charge in [0.1, 0.15) is 5.76 Å². The molecule has 0 aliphatic carbocycles. The fourth-order valence-corrected chi connectivity index (χ4v) is 2.66. The van der Waals surface area contributed by atoms with Crippen molar-refractivity contribution in [3.05, 3.63) is 17.9 Å². The van der Waals surface area contributed by atoms with Crippen LogP contribution in [0.5, 0.6) is 0 Å². The zero-order valence-corrected chi connectivity index (χ0v) is 13.6. The molecule has 122 valence electrons. The van der Waals surface area contributed by atoms with Crippen molar-refractivity contribution in [2.45, 2.75) is 18.6 Å². The van der Waals surface area contributed by atoms with E-state index in [9.17, 15) is 8.42 Å². The number of methoxy groups -OCH3 is 1. The summed E-state index contributed by atoms with van der Waals surface area (Å²) in [4.78, 5) is 0. The summed E-state index contributed by atoms with van der Waals surface area (Å²) in [6.07, 6.45) is 0. The number of likely N-dealkylation sites (N-methyl/N-ethyl adjacent to an activating group) is 1. The highest BCUT2D eigenvalue weighted by molar-refractivity contribution is 7.89. The smallest absolute Gasteiger partial charge is 0.276 e. The van der Waals surface area contributed by atoms with Gasteiger partial charge in [0.25, 0.3) is 10.0 Å². The lowest BCUT2D eigenvalue weighted by Crippen LogP contribution is -2.30. The molecule has 0 bridgehead atoms. The zero-order chi connectivity index (χ0) is 15.7. The molecule has 0 fully saturated rings. The van der Waals surface area contributed by atoms with Crippen molar-refractivity contribution in [2.75, 3.05) is 47.1 Å². The summed E-state index contributed by atoms with van der Waals surface area (Å²) in [5.41, 5.74) is 0. The molecule has 0 aliphatic rings. The van der Waals surface area contributed by atoms with Crippen LogP contribution < -0.4 is 5.32 Å². The van der Waals surface area contributed by atoms with Gasteiger partial charge in [-0.2, -0.15) is 4.31 Å². The van der Waals surface area contributed by atoms with E-state index >= 15 is 0 Å². The Morgan fingerprint density at radius 1 is 1.33 bits per heavy atom. The number of rotatable bonds is 11. The average molecular weight is 320 g/mol. The number of nitrogens with one attached hydrogen (secondary N) is 1. The van der Waals surface area contributed by atoms with Crippen LogP contribution in [0.25, 0.3) is 0 Å². The van der Waals surface area contributed by atoms with Crippen molar-refractivity contribution in [3.63, 3.8) is 0 Å². The van der Waals surface area contributed by atoms with Gasteiger partial charge < -0.3 is 19.2 Å². The first-order valence-corrected chi connectivity index (χ1v) is 8.28. The van der Waals surface area contributed by atoms with Gasteiger partial charge in [0, 0.05) is 33.9 Å². The average Bonchev–Trinajstić information content (AvgIpc) is 2.93. The molecule has 0 radical (unpaired) electrons. The number of ether oxygens (including phenoxy) is 2. The molecule has 0 saturated carbocycles. The van der Waals surface area contributed by atoms with Crippen molar-refractivity contribution >= 4 is 10.0 Å². The Hall–Kier alpha value is -0.930. The quantitative estimate of drug-likeness (QED) is 0.604. The maximum Gasteiger partial charge on any atom is 0.276 e. The molecule has 1 N–H and O–H groups in total. The first-order chi connectivity index (χ1) is 10.0. The van der Waals surface area contributed by atoms with Crippen LogP contribution in [0.4, 0.5) is 0 Å². The lowest BCUT2D eigenvalue weighted by atomic mass is 10.4. The van der Waals surface area contributed by atoms with Crippen molar-refractivity contribution in [3.8, 4) is 0 Å². The third-order valence-corrected chi connectivity index (χ3v) is 4.57. The predicted octanol–water partition coefficient (Wildman–Crippen LogP) is 0.673. The second kappa shape index (κ2) is 9.16. The van der Waals surface area contributed by atoms with Crippen LogP contribution in [0.2, 0.25) is 0 Å². The molecule has 0 aromatic carbocycles. The summed E-state index contributed by atoms with van der Waals surface area (Å²) < 4.78 is 41.2. The highest BCUT2D eigenvalue weighted by Gasteiger charge is 2.24. The maximum atomic E-state index is 12.3. The summed E-state index contributed by atoms with van der Waals surface area (Å²) in [6.45, 7) is 4.80. The molecule has 8 heteroatoms. The first-order valence-electron chi connectivity index (χ1n) is 6.84. The monoisotopic (exact) mass is 320 g/mol. The zero-order valence-electron chi connectivity index (χ0n) is 12.8. The van der Waals surface area contributed by atoms with Gasteiger partial charge in [0.2, 0.25) is 5.09 Å². The molecule has 21 heavy (non-hydrogen) atoms. The number of sulfonamides is 1. The standard InChI is InChI=1S/C13H24N2O5S/c1-4-19-10-8-15(2)21(16,17)13-6-5-12(20-13)11-14-7-9-18-3/h5-6,14H,4,7-11H2,1-3H3. The molecule has 1 aromatic rings. The van der Waals surface area contributed by atoms with Gasteiger partial charge in [-0.25, -0.2) is 8.42 Å². The molecular formula is C13H24N2O5S. The lowest BCUT2D eigenvalue weighted by molar-refractivity contribution is 0.138. The van der Waals surface area contributed by atoms with Crippen molar-refractivity contribution < 1.29 is 22.3 Å². The van der Waals surface area contributed by atoms with Crippen LogP contribution in [-0.2, 0) is 26.0 Å². The first kappa shape index (κ1) is 18.1. The predicted molar refractivity (Wildman–Crippen MR) is 78.6 cm³/mol. The van der Waals surface area contributed by atoms with E-state index in [1.807, 2.05) is 6.92 Å². The van der Waals surface area contributed by atoms with Gasteiger partial charge in [0.15, 0.2) is 0 Å². The molecule has 1 aromatic heterocycles. The van der Waals surface area contributed by atoms with Crippen LogP contribution in [0.15, 0.2) is 21.6 Å². The Morgan fingerprint density at radius 3 is 2.76 bits per heavy atom. The van der Waals surface area contributed by atoms with E-state index in [-0.39, 0.29) is 11.6 Å². The van der Waals surface area contributed by atoms with Crippen LogP contribution >= 0.6 is 0 Å². The van der Waals surface area contributed by atoms with E-state index in [4.69, 9.17) is 13.9 Å². The molecule has 7 nitrogen and oxygen atoms in total. The summed E-state index contributed by atoms with van der Waals surface area (Å²) in [5, 5.41) is 3.04. The molecule has 1 rings (SSSR count). The summed E-state index contributed by atoms with van der Waals surface area (Å²) in [6, 6.07) is 3.13. The number of hydrogen-bond donors (Lipinski definition) is 1. The SMILES string of the molecule is CCOCCN(C)S(=O)(=O)c1ccc(CNCCOC)o1. The van der Waals surface area contributed by atoms with Gasteiger partial charge >= 0.3 is 0 Å². The molecule has 0 aliphatic heterocycles. The number of hydrogen-bond acceptors (Lipinski definition) is 6. The van der Waals surface area contributed by atoms with Gasteiger partial charge in [-0.1, -0.05) is 0 Å². The number of furan rings is 1. The Balaban J connectivity index is 2.56. The van der Waals surface area contributed by atoms with E-state index in [0.29, 0.717) is 38.7 Å². The summed E-state index contributed by atoms with van der Waals surface area (Å²) >= 11 is 0. The van der Waals surface area contributed by atoms with Crippen molar-refractivity contribution in [1.29, 1.82) is 0 Å². The Bertz CT molecular complexity index is 500. The minimum atomic E-state index is -3.60. The van der Waals surface area contributed by atoms with Gasteiger partial charge in [-0.15, -0.1) is 0 Å². The fraction of sp³-hybridized carbons (Fsp3) is 0.692. The molecule has 0 atom stereocenters. The number of nitrogens with zero attached hydrogens (tertiary/aromatic N) is 1. The fourth-order valence-electron chi connectivity index (χ4n) is 1.59.